The van der Waals surface area contributed by atoms with Crippen LogP contribution >= 0.6 is 0 Å². The number of ether oxygens (including phenoxy) is 1. The summed E-state index contributed by atoms with van der Waals surface area (Å²) in [6.07, 6.45) is 0.690. The number of hydrogen-bond donors (Lipinski definition) is 0. The van der Waals surface area contributed by atoms with Gasteiger partial charge in [-0.15, -0.1) is 0 Å². The predicted octanol–water partition coefficient (Wildman–Crippen LogP) is 3.01. The highest BCUT2D eigenvalue weighted by Crippen LogP contribution is 2.23. The normalized spacial score (nSPS) is 18.1. The van der Waals surface area contributed by atoms with E-state index in [0.717, 1.165) is 27.3 Å². The summed E-state index contributed by atoms with van der Waals surface area (Å²) < 4.78 is 6.91. The van der Waals surface area contributed by atoms with Gasteiger partial charge in [-0.1, -0.05) is 42.5 Å². The molecule has 2 aromatic rings. The zero-order valence-corrected chi connectivity index (χ0v) is 11.5. The van der Waals surface area contributed by atoms with Gasteiger partial charge < -0.3 is 9.94 Å². The Morgan fingerprint density at radius 1 is 1.10 bits per heavy atom. The Labute approximate surface area is 118 Å². The lowest BCUT2D eigenvalue weighted by Gasteiger charge is -2.16. The zero-order chi connectivity index (χ0) is 13.9. The van der Waals surface area contributed by atoms with Crippen molar-refractivity contribution in [3.63, 3.8) is 0 Å². The van der Waals surface area contributed by atoms with Gasteiger partial charge in [-0.2, -0.15) is 0 Å². The first-order chi connectivity index (χ1) is 9.75. The van der Waals surface area contributed by atoms with Gasteiger partial charge in [0.1, 0.15) is 5.75 Å². The van der Waals surface area contributed by atoms with Gasteiger partial charge in [0, 0.05) is 13.3 Å². The molecule has 1 aliphatic heterocycles. The van der Waals surface area contributed by atoms with Crippen LogP contribution in [0.2, 0.25) is 0 Å². The summed E-state index contributed by atoms with van der Waals surface area (Å²) in [5.41, 5.74) is 2.76. The van der Waals surface area contributed by atoms with Crippen LogP contribution in [0.1, 0.15) is 18.1 Å². The topological polar surface area (TPSA) is 35.3 Å². The van der Waals surface area contributed by atoms with Crippen molar-refractivity contribution in [1.29, 1.82) is 0 Å². The largest absolute Gasteiger partial charge is 0.623 e. The number of benzene rings is 2. The van der Waals surface area contributed by atoms with E-state index >= 15 is 0 Å². The molecule has 1 heterocycles. The van der Waals surface area contributed by atoms with E-state index in [2.05, 4.69) is 0 Å². The lowest BCUT2D eigenvalue weighted by molar-refractivity contribution is -0.502. The molecule has 0 bridgehead atoms. The Morgan fingerprint density at radius 2 is 1.80 bits per heavy atom. The van der Waals surface area contributed by atoms with Gasteiger partial charge in [-0.05, 0) is 17.7 Å². The minimum atomic E-state index is -0.190. The van der Waals surface area contributed by atoms with Crippen molar-refractivity contribution in [1.82, 2.24) is 0 Å². The summed E-state index contributed by atoms with van der Waals surface area (Å²) in [5.74, 6) is 0.793. The minimum absolute atomic E-state index is 0.190. The number of para-hydroxylation sites is 1. The third kappa shape index (κ3) is 2.39. The van der Waals surface area contributed by atoms with Crippen LogP contribution in [0.5, 0.6) is 5.75 Å². The Balaban J connectivity index is 1.91. The molecule has 1 aliphatic rings. The predicted molar refractivity (Wildman–Crippen MR) is 79.3 cm³/mol. The summed E-state index contributed by atoms with van der Waals surface area (Å²) >= 11 is 0. The second-order valence-corrected chi connectivity index (χ2v) is 5.06. The van der Waals surface area contributed by atoms with Crippen LogP contribution < -0.4 is 4.74 Å². The number of fused-ring (bicyclic) bond motifs is 1. The first-order valence-corrected chi connectivity index (χ1v) is 6.82. The van der Waals surface area contributed by atoms with Gasteiger partial charge in [0.25, 0.3) is 0 Å². The minimum Gasteiger partial charge on any atom is -0.623 e. The highest BCUT2D eigenvalue weighted by Gasteiger charge is 2.26. The second kappa shape index (κ2) is 5.37. The molecule has 20 heavy (non-hydrogen) atoms. The molecular weight excluding hydrogens is 250 g/mol. The smallest absolute Gasteiger partial charge is 0.201 e. The Morgan fingerprint density at radius 3 is 2.60 bits per heavy atom. The lowest BCUT2D eigenvalue weighted by Crippen LogP contribution is -2.32. The maximum atomic E-state index is 12.5. The van der Waals surface area contributed by atoms with Crippen molar-refractivity contribution >= 4 is 5.71 Å². The quantitative estimate of drug-likeness (QED) is 0.619. The van der Waals surface area contributed by atoms with E-state index < -0.39 is 0 Å². The molecule has 0 spiro atoms. The fraction of sp³-hybridized carbons (Fsp3) is 0.235. The van der Waals surface area contributed by atoms with Crippen LogP contribution in [-0.2, 0) is 6.42 Å². The van der Waals surface area contributed by atoms with E-state index in [9.17, 15) is 5.21 Å². The van der Waals surface area contributed by atoms with Gasteiger partial charge in [-0.3, -0.25) is 0 Å². The molecule has 102 valence electrons. The molecule has 2 aromatic carbocycles. The maximum Gasteiger partial charge on any atom is 0.201 e. The van der Waals surface area contributed by atoms with Gasteiger partial charge in [0.15, 0.2) is 12.3 Å². The summed E-state index contributed by atoms with van der Waals surface area (Å²) in [5, 5.41) is 12.5. The molecule has 3 heteroatoms. The summed E-state index contributed by atoms with van der Waals surface area (Å²) in [4.78, 5) is 0. The summed E-state index contributed by atoms with van der Waals surface area (Å²) in [6, 6.07) is 17.6. The Hall–Kier alpha value is -2.29. The SMILES string of the molecule is CC1=[N+]([O-])C(Cc2ccccc2)COc2ccccc21. The first kappa shape index (κ1) is 12.7. The molecule has 0 N–H and O–H groups in total. The molecule has 0 saturated carbocycles. The van der Waals surface area contributed by atoms with E-state index in [-0.39, 0.29) is 6.04 Å². The van der Waals surface area contributed by atoms with Crippen molar-refractivity contribution in [2.24, 2.45) is 0 Å². The molecule has 3 rings (SSSR count). The second-order valence-electron chi connectivity index (χ2n) is 5.06. The van der Waals surface area contributed by atoms with Crippen molar-refractivity contribution in [3.8, 4) is 5.75 Å². The number of nitrogens with zero attached hydrogens (tertiary/aromatic N) is 1. The van der Waals surface area contributed by atoms with Gasteiger partial charge in [0.2, 0.25) is 6.04 Å². The van der Waals surface area contributed by atoms with Crippen LogP contribution in [0.15, 0.2) is 54.6 Å². The van der Waals surface area contributed by atoms with Crippen LogP contribution in [-0.4, -0.2) is 23.1 Å². The fourth-order valence-corrected chi connectivity index (χ4v) is 2.57. The molecule has 0 aliphatic carbocycles. The Bertz CT molecular complexity index is 634. The number of hydrogen-bond acceptors (Lipinski definition) is 2. The molecular formula is C17H17NO2. The molecule has 1 atom stereocenters. The number of rotatable bonds is 2. The van der Waals surface area contributed by atoms with Crippen molar-refractivity contribution in [3.05, 3.63) is 70.9 Å². The first-order valence-electron chi connectivity index (χ1n) is 6.82. The van der Waals surface area contributed by atoms with Crippen LogP contribution in [0.3, 0.4) is 0 Å². The van der Waals surface area contributed by atoms with Crippen LogP contribution in [0, 0.1) is 5.21 Å². The van der Waals surface area contributed by atoms with E-state index in [0.29, 0.717) is 13.0 Å². The summed E-state index contributed by atoms with van der Waals surface area (Å²) in [6.45, 7) is 2.27. The highest BCUT2D eigenvalue weighted by atomic mass is 16.5. The van der Waals surface area contributed by atoms with E-state index in [1.54, 1.807) is 0 Å². The van der Waals surface area contributed by atoms with E-state index in [1.807, 2.05) is 61.5 Å². The number of hydroxylamine groups is 1. The van der Waals surface area contributed by atoms with E-state index in [4.69, 9.17) is 4.74 Å². The van der Waals surface area contributed by atoms with Gasteiger partial charge in [0.05, 0.1) is 5.56 Å². The molecule has 0 fully saturated rings. The Kier molecular flexibility index (Phi) is 3.42. The van der Waals surface area contributed by atoms with Gasteiger partial charge >= 0.3 is 0 Å². The molecule has 0 amide bonds. The average molecular weight is 267 g/mol. The standard InChI is InChI=1S/C17H17NO2/c1-13-16-9-5-6-10-17(16)20-12-15(18(13)19)11-14-7-3-2-4-8-14/h2-10,15H,11-12H2,1H3. The monoisotopic (exact) mass is 267 g/mol. The van der Waals surface area contributed by atoms with Gasteiger partial charge in [-0.25, -0.2) is 4.74 Å². The maximum absolute atomic E-state index is 12.5. The average Bonchev–Trinajstić information content (AvgIpc) is 2.61. The highest BCUT2D eigenvalue weighted by molar-refractivity contribution is 5.97. The third-order valence-corrected chi connectivity index (χ3v) is 3.68. The third-order valence-electron chi connectivity index (χ3n) is 3.68. The van der Waals surface area contributed by atoms with Crippen molar-refractivity contribution < 1.29 is 9.48 Å². The van der Waals surface area contributed by atoms with Crippen molar-refractivity contribution in [2.45, 2.75) is 19.4 Å². The summed E-state index contributed by atoms with van der Waals surface area (Å²) in [7, 11) is 0. The lowest BCUT2D eigenvalue weighted by atomic mass is 10.1. The van der Waals surface area contributed by atoms with Crippen LogP contribution in [0.25, 0.3) is 0 Å². The zero-order valence-electron chi connectivity index (χ0n) is 11.5. The molecule has 3 nitrogen and oxygen atoms in total. The van der Waals surface area contributed by atoms with E-state index in [1.165, 1.54) is 0 Å². The molecule has 0 radical (unpaired) electrons. The van der Waals surface area contributed by atoms with Crippen molar-refractivity contribution in [2.75, 3.05) is 6.61 Å². The molecule has 1 unspecified atom stereocenters. The molecule has 0 aromatic heterocycles. The molecule has 0 saturated heterocycles. The van der Waals surface area contributed by atoms with Crippen LogP contribution in [0.4, 0.5) is 0 Å². The fourth-order valence-electron chi connectivity index (χ4n) is 2.57.